The molecule has 3 rings (SSSR count). The maximum atomic E-state index is 12.0. The molecule has 7 nitrogen and oxygen atoms in total. The van der Waals surface area contributed by atoms with Crippen molar-refractivity contribution >= 4 is 11.9 Å². The Kier molecular flexibility index (Phi) is 5.10. The van der Waals surface area contributed by atoms with E-state index in [4.69, 9.17) is 4.52 Å². The molecule has 1 aliphatic rings. The highest BCUT2D eigenvalue weighted by Crippen LogP contribution is 2.18. The predicted molar refractivity (Wildman–Crippen MR) is 88.0 cm³/mol. The first kappa shape index (κ1) is 16.0. The van der Waals surface area contributed by atoms with Crippen LogP contribution in [0.3, 0.4) is 0 Å². The van der Waals surface area contributed by atoms with E-state index in [1.165, 1.54) is 0 Å². The minimum atomic E-state index is -0.484. The van der Waals surface area contributed by atoms with E-state index in [0.717, 1.165) is 24.1 Å². The van der Waals surface area contributed by atoms with Crippen molar-refractivity contribution in [2.24, 2.45) is 0 Å². The smallest absolute Gasteiger partial charge is 0.315 e. The normalized spacial score (nSPS) is 17.7. The molecule has 1 aromatic carbocycles. The van der Waals surface area contributed by atoms with Crippen molar-refractivity contribution in [2.75, 3.05) is 6.54 Å². The molecule has 7 heteroatoms. The Bertz CT molecular complexity index is 699. The van der Waals surface area contributed by atoms with Gasteiger partial charge < -0.3 is 20.5 Å². The quantitative estimate of drug-likeness (QED) is 0.797. The lowest BCUT2D eigenvalue weighted by Crippen LogP contribution is -2.48. The van der Waals surface area contributed by atoms with E-state index in [-0.39, 0.29) is 12.5 Å². The van der Waals surface area contributed by atoms with Crippen LogP contribution in [0.2, 0.25) is 0 Å². The summed E-state index contributed by atoms with van der Waals surface area (Å²) in [7, 11) is 0. The number of carbonyl (C=O) groups excluding carboxylic acids is 2. The molecule has 1 saturated heterocycles. The fourth-order valence-corrected chi connectivity index (χ4v) is 2.59. The lowest BCUT2D eigenvalue weighted by Gasteiger charge is -2.15. The molecular formula is C17H20N4O3. The van der Waals surface area contributed by atoms with Crippen molar-refractivity contribution < 1.29 is 14.1 Å². The third-order valence-corrected chi connectivity index (χ3v) is 3.89. The second kappa shape index (κ2) is 7.63. The summed E-state index contributed by atoms with van der Waals surface area (Å²) in [4.78, 5) is 23.8. The summed E-state index contributed by atoms with van der Waals surface area (Å²) in [5.41, 5.74) is 1.67. The molecule has 24 heavy (non-hydrogen) atoms. The maximum Gasteiger partial charge on any atom is 0.315 e. The Balaban J connectivity index is 1.51. The van der Waals surface area contributed by atoms with E-state index in [1.807, 2.05) is 30.3 Å². The second-order valence-electron chi connectivity index (χ2n) is 5.71. The minimum absolute atomic E-state index is 0.131. The summed E-state index contributed by atoms with van der Waals surface area (Å²) in [6.07, 6.45) is 2.50. The third-order valence-electron chi connectivity index (χ3n) is 3.89. The molecule has 0 bridgehead atoms. The van der Waals surface area contributed by atoms with Gasteiger partial charge in [-0.2, -0.15) is 0 Å². The summed E-state index contributed by atoms with van der Waals surface area (Å²) in [5.74, 6) is 0.419. The summed E-state index contributed by atoms with van der Waals surface area (Å²) >= 11 is 0. The molecule has 3 amide bonds. The van der Waals surface area contributed by atoms with E-state index >= 15 is 0 Å². The molecule has 2 aromatic rings. The standard InChI is InChI=1S/C17H20N4O3/c22-16-14(8-4-5-9-18-16)20-17(23)19-11-13-10-15(21-24-13)12-6-2-1-3-7-12/h1-3,6-7,10,14H,4-5,8-9,11H2,(H,18,22)(H2,19,20,23)/t14-/m0/s1. The van der Waals surface area contributed by atoms with Gasteiger partial charge in [0, 0.05) is 18.2 Å². The largest absolute Gasteiger partial charge is 0.359 e. The molecule has 2 heterocycles. The van der Waals surface area contributed by atoms with Crippen molar-refractivity contribution in [1.82, 2.24) is 21.1 Å². The Labute approximate surface area is 139 Å². The fourth-order valence-electron chi connectivity index (χ4n) is 2.59. The van der Waals surface area contributed by atoms with Crippen molar-refractivity contribution in [3.05, 3.63) is 42.2 Å². The molecule has 0 spiro atoms. The van der Waals surface area contributed by atoms with Gasteiger partial charge >= 0.3 is 6.03 Å². The van der Waals surface area contributed by atoms with E-state index in [0.29, 0.717) is 18.7 Å². The van der Waals surface area contributed by atoms with Gasteiger partial charge in [-0.3, -0.25) is 4.79 Å². The first-order valence-electron chi connectivity index (χ1n) is 8.05. The van der Waals surface area contributed by atoms with Crippen LogP contribution < -0.4 is 16.0 Å². The Hall–Kier alpha value is -2.83. The van der Waals surface area contributed by atoms with Crippen LogP contribution in [0.25, 0.3) is 11.3 Å². The Morgan fingerprint density at radius 2 is 2.12 bits per heavy atom. The maximum absolute atomic E-state index is 12.0. The van der Waals surface area contributed by atoms with Crippen molar-refractivity contribution in [2.45, 2.75) is 31.8 Å². The molecule has 126 valence electrons. The average molecular weight is 328 g/mol. The number of benzene rings is 1. The van der Waals surface area contributed by atoms with E-state index in [2.05, 4.69) is 21.1 Å². The van der Waals surface area contributed by atoms with Crippen LogP contribution in [-0.4, -0.2) is 29.7 Å². The summed E-state index contributed by atoms with van der Waals surface area (Å²) in [6.45, 7) is 0.874. The molecule has 1 aromatic heterocycles. The molecule has 0 aliphatic carbocycles. The Morgan fingerprint density at radius 3 is 2.96 bits per heavy atom. The lowest BCUT2D eigenvalue weighted by molar-refractivity contribution is -0.122. The van der Waals surface area contributed by atoms with Gasteiger partial charge in [-0.05, 0) is 19.3 Å². The minimum Gasteiger partial charge on any atom is -0.359 e. The highest BCUT2D eigenvalue weighted by atomic mass is 16.5. The molecule has 0 saturated carbocycles. The van der Waals surface area contributed by atoms with Gasteiger partial charge in [-0.1, -0.05) is 35.5 Å². The van der Waals surface area contributed by atoms with Gasteiger partial charge in [0.2, 0.25) is 5.91 Å². The zero-order chi connectivity index (χ0) is 16.8. The molecule has 1 fully saturated rings. The fraction of sp³-hybridized carbons (Fsp3) is 0.353. The topological polar surface area (TPSA) is 96.3 Å². The van der Waals surface area contributed by atoms with Crippen LogP contribution in [0.1, 0.15) is 25.0 Å². The van der Waals surface area contributed by atoms with Crippen LogP contribution >= 0.6 is 0 Å². The van der Waals surface area contributed by atoms with E-state index in [9.17, 15) is 9.59 Å². The van der Waals surface area contributed by atoms with Crippen LogP contribution in [0.15, 0.2) is 40.9 Å². The number of nitrogens with one attached hydrogen (secondary N) is 3. The Morgan fingerprint density at radius 1 is 1.29 bits per heavy atom. The first-order valence-corrected chi connectivity index (χ1v) is 8.05. The SMILES string of the molecule is O=C(NCc1cc(-c2ccccc2)no1)N[C@H]1CCCCNC1=O. The summed E-state index contributed by atoms with van der Waals surface area (Å²) in [5, 5.41) is 12.2. The van der Waals surface area contributed by atoms with Crippen molar-refractivity contribution in [3.63, 3.8) is 0 Å². The number of urea groups is 1. The number of rotatable bonds is 4. The number of nitrogens with zero attached hydrogens (tertiary/aromatic N) is 1. The second-order valence-corrected chi connectivity index (χ2v) is 5.71. The van der Waals surface area contributed by atoms with Crippen LogP contribution in [-0.2, 0) is 11.3 Å². The number of amides is 3. The highest BCUT2D eigenvalue weighted by molar-refractivity contribution is 5.87. The molecule has 1 aliphatic heterocycles. The predicted octanol–water partition coefficient (Wildman–Crippen LogP) is 1.81. The third kappa shape index (κ3) is 4.13. The zero-order valence-electron chi connectivity index (χ0n) is 13.2. The molecule has 3 N–H and O–H groups in total. The van der Waals surface area contributed by atoms with Gasteiger partial charge in [-0.25, -0.2) is 4.79 Å². The monoisotopic (exact) mass is 328 g/mol. The van der Waals surface area contributed by atoms with Crippen LogP contribution in [0.4, 0.5) is 4.79 Å². The van der Waals surface area contributed by atoms with Gasteiger partial charge in [0.1, 0.15) is 11.7 Å². The molecule has 1 atom stereocenters. The van der Waals surface area contributed by atoms with Gasteiger partial charge in [0.15, 0.2) is 5.76 Å². The van der Waals surface area contributed by atoms with Crippen LogP contribution in [0.5, 0.6) is 0 Å². The number of carbonyl (C=O) groups is 2. The van der Waals surface area contributed by atoms with E-state index in [1.54, 1.807) is 6.07 Å². The van der Waals surface area contributed by atoms with Crippen LogP contribution in [0, 0.1) is 0 Å². The molecule has 0 unspecified atom stereocenters. The van der Waals surface area contributed by atoms with Gasteiger partial charge in [0.25, 0.3) is 0 Å². The van der Waals surface area contributed by atoms with Gasteiger partial charge in [0.05, 0.1) is 6.54 Å². The zero-order valence-corrected chi connectivity index (χ0v) is 13.2. The van der Waals surface area contributed by atoms with Gasteiger partial charge in [-0.15, -0.1) is 0 Å². The number of hydrogen-bond donors (Lipinski definition) is 3. The van der Waals surface area contributed by atoms with Crippen molar-refractivity contribution in [1.29, 1.82) is 0 Å². The summed E-state index contributed by atoms with van der Waals surface area (Å²) in [6, 6.07) is 10.6. The van der Waals surface area contributed by atoms with Crippen molar-refractivity contribution in [3.8, 4) is 11.3 Å². The summed E-state index contributed by atoms with van der Waals surface area (Å²) < 4.78 is 5.23. The highest BCUT2D eigenvalue weighted by Gasteiger charge is 2.22. The lowest BCUT2D eigenvalue weighted by atomic mass is 10.1. The van der Waals surface area contributed by atoms with E-state index < -0.39 is 12.1 Å². The number of hydrogen-bond acceptors (Lipinski definition) is 4. The number of aromatic nitrogens is 1. The first-order chi connectivity index (χ1) is 11.7. The average Bonchev–Trinajstić information content (AvgIpc) is 2.99. The molecular weight excluding hydrogens is 308 g/mol. The molecule has 0 radical (unpaired) electrons.